The average Bonchev–Trinajstić information content (AvgIpc) is 2.17. The van der Waals surface area contributed by atoms with Crippen LogP contribution >= 0.6 is 0 Å². The van der Waals surface area contributed by atoms with Crippen LogP contribution in [0.1, 0.15) is 20.3 Å². The van der Waals surface area contributed by atoms with Crippen LogP contribution in [0, 0.1) is 0 Å². The zero-order chi connectivity index (χ0) is 11.3. The Morgan fingerprint density at radius 3 is 2.00 bits per heavy atom. The van der Waals surface area contributed by atoms with Gasteiger partial charge in [-0.3, -0.25) is 0 Å². The van der Waals surface area contributed by atoms with Gasteiger partial charge in [0, 0.05) is 0 Å². The molecule has 86 valence electrons. The molecule has 4 heteroatoms. The second kappa shape index (κ2) is 7.80. The summed E-state index contributed by atoms with van der Waals surface area (Å²) in [6.07, 6.45) is 1.52. The number of hydrogen-bond donors (Lipinski definition) is 0. The van der Waals surface area contributed by atoms with E-state index in [1.807, 2.05) is 0 Å². The van der Waals surface area contributed by atoms with Gasteiger partial charge in [-0.05, 0) is 0 Å². The molecule has 0 N–H and O–H groups in total. The number of rotatable bonds is 5. The van der Waals surface area contributed by atoms with Crippen LogP contribution in [0.3, 0.4) is 0 Å². The Morgan fingerprint density at radius 1 is 1.13 bits per heavy atom. The van der Waals surface area contributed by atoms with Crippen molar-refractivity contribution in [3.05, 3.63) is 22.1 Å². The molecule has 0 aromatic rings. The zero-order valence-corrected chi connectivity index (χ0v) is 16.2. The van der Waals surface area contributed by atoms with Crippen LogP contribution in [0.15, 0.2) is 22.1 Å². The van der Waals surface area contributed by atoms with E-state index < -0.39 is 0 Å². The van der Waals surface area contributed by atoms with Gasteiger partial charge in [0.2, 0.25) is 0 Å². The van der Waals surface area contributed by atoms with E-state index in [4.69, 9.17) is 0 Å². The summed E-state index contributed by atoms with van der Waals surface area (Å²) >= 11 is 3.25. The third-order valence-electron chi connectivity index (χ3n) is 1.71. The van der Waals surface area contributed by atoms with Crippen LogP contribution in [0.4, 0.5) is 0 Å². The van der Waals surface area contributed by atoms with Gasteiger partial charge in [-0.2, -0.15) is 0 Å². The molecule has 0 aromatic carbocycles. The van der Waals surface area contributed by atoms with E-state index in [1.165, 1.54) is 26.0 Å². The summed E-state index contributed by atoms with van der Waals surface area (Å²) in [5.41, 5.74) is 0. The summed E-state index contributed by atoms with van der Waals surface area (Å²) in [5.74, 6) is 0. The van der Waals surface area contributed by atoms with Crippen molar-refractivity contribution in [2.24, 2.45) is 0 Å². The van der Waals surface area contributed by atoms with Crippen molar-refractivity contribution < 1.29 is 0 Å². The SMILES string of the molecule is C=C(C)[Se]C([Se]C(=C)C)C1[Se]CCC[Se]1. The van der Waals surface area contributed by atoms with Crippen LogP contribution in [0.25, 0.3) is 0 Å². The fourth-order valence-electron chi connectivity index (χ4n) is 1.19. The van der Waals surface area contributed by atoms with Crippen molar-refractivity contribution >= 4 is 59.8 Å². The Balaban J connectivity index is 2.52. The first-order valence-electron chi connectivity index (χ1n) is 4.97. The molecule has 0 atom stereocenters. The van der Waals surface area contributed by atoms with E-state index >= 15 is 0 Å². The predicted octanol–water partition coefficient (Wildman–Crippen LogP) is 2.60. The van der Waals surface area contributed by atoms with Crippen molar-refractivity contribution in [1.29, 1.82) is 0 Å². The Morgan fingerprint density at radius 2 is 1.60 bits per heavy atom. The molecule has 0 bridgehead atoms. The molecule has 0 aromatic heterocycles. The van der Waals surface area contributed by atoms with Crippen molar-refractivity contribution in [1.82, 2.24) is 0 Å². The summed E-state index contributed by atoms with van der Waals surface area (Å²) < 4.78 is 4.99. The monoisotopic (exact) mass is 470 g/mol. The Hall–Kier alpha value is 1.56. The summed E-state index contributed by atoms with van der Waals surface area (Å²) in [6.45, 7) is 12.7. The summed E-state index contributed by atoms with van der Waals surface area (Å²) in [6, 6.07) is 0. The first-order chi connectivity index (χ1) is 7.09. The van der Waals surface area contributed by atoms with E-state index in [-0.39, 0.29) is 0 Å². The summed E-state index contributed by atoms with van der Waals surface area (Å²) in [4.78, 5) is 0. The molecular weight excluding hydrogens is 448 g/mol. The molecule has 0 aliphatic carbocycles. The van der Waals surface area contributed by atoms with Gasteiger partial charge in [-0.1, -0.05) is 0 Å². The molecule has 1 rings (SSSR count). The number of allylic oxidation sites excluding steroid dienone is 2. The van der Waals surface area contributed by atoms with Crippen LogP contribution in [0.2, 0.25) is 18.1 Å². The molecule has 1 aliphatic rings. The van der Waals surface area contributed by atoms with Crippen LogP contribution in [-0.2, 0) is 0 Å². The fraction of sp³-hybridized carbons (Fsp3) is 0.636. The van der Waals surface area contributed by atoms with Gasteiger partial charge in [0.15, 0.2) is 0 Å². The Kier molecular flexibility index (Phi) is 7.60. The van der Waals surface area contributed by atoms with E-state index in [0.29, 0.717) is 29.9 Å². The van der Waals surface area contributed by atoms with Gasteiger partial charge in [0.25, 0.3) is 0 Å². The Bertz CT molecular complexity index is 215. The molecule has 0 saturated carbocycles. The van der Waals surface area contributed by atoms with Gasteiger partial charge in [-0.15, -0.1) is 0 Å². The molecule has 0 nitrogen and oxygen atoms in total. The third-order valence-corrected chi connectivity index (χ3v) is 18.8. The van der Waals surface area contributed by atoms with Crippen molar-refractivity contribution in [3.8, 4) is 0 Å². The predicted molar refractivity (Wildman–Crippen MR) is 74.4 cm³/mol. The topological polar surface area (TPSA) is 0 Å². The molecule has 1 fully saturated rings. The second-order valence-electron chi connectivity index (χ2n) is 3.47. The van der Waals surface area contributed by atoms with Crippen LogP contribution < -0.4 is 0 Å². The van der Waals surface area contributed by atoms with Crippen molar-refractivity contribution in [2.45, 2.75) is 38.3 Å². The first kappa shape index (κ1) is 14.6. The van der Waals surface area contributed by atoms with Crippen molar-refractivity contribution in [2.75, 3.05) is 0 Å². The van der Waals surface area contributed by atoms with E-state index in [9.17, 15) is 0 Å². The standard InChI is InChI=1S/C11H18Se4/c1-8(2)14-11(15-9(3)4)10-12-6-5-7-13-10/h10-11H,1,3,5-7H2,2,4H3. The molecule has 1 heterocycles. The fourth-order valence-corrected chi connectivity index (χ4v) is 20.6. The normalized spacial score (nSPS) is 18.1. The number of hydrogen-bond acceptors (Lipinski definition) is 0. The minimum absolute atomic E-state index is 0.685. The summed E-state index contributed by atoms with van der Waals surface area (Å²) in [5, 5.41) is 3.07. The molecule has 0 radical (unpaired) electrons. The molecule has 0 spiro atoms. The van der Waals surface area contributed by atoms with Crippen molar-refractivity contribution in [3.63, 3.8) is 0 Å². The maximum absolute atomic E-state index is 4.12. The zero-order valence-electron chi connectivity index (χ0n) is 9.32. The van der Waals surface area contributed by atoms with Gasteiger partial charge >= 0.3 is 120 Å². The first-order valence-corrected chi connectivity index (χ1v) is 13.1. The van der Waals surface area contributed by atoms with Crippen LogP contribution in [0.5, 0.6) is 0 Å². The molecular formula is C11H18Se4. The van der Waals surface area contributed by atoms with Crippen LogP contribution in [-0.4, -0.2) is 59.8 Å². The molecule has 1 aliphatic heterocycles. The Labute approximate surface area is 119 Å². The summed E-state index contributed by atoms with van der Waals surface area (Å²) in [7, 11) is 0. The average molecular weight is 466 g/mol. The van der Waals surface area contributed by atoms with Gasteiger partial charge in [-0.25, -0.2) is 0 Å². The minimum atomic E-state index is 0.685. The quantitative estimate of drug-likeness (QED) is 0.547. The van der Waals surface area contributed by atoms with E-state index in [2.05, 4.69) is 27.0 Å². The molecule has 15 heavy (non-hydrogen) atoms. The second-order valence-corrected chi connectivity index (χ2v) is 17.8. The van der Waals surface area contributed by atoms with Gasteiger partial charge in [0.1, 0.15) is 0 Å². The van der Waals surface area contributed by atoms with Gasteiger partial charge in [0.05, 0.1) is 0 Å². The molecule has 0 unspecified atom stereocenters. The molecule has 0 amide bonds. The van der Waals surface area contributed by atoms with E-state index in [0.717, 1.165) is 37.3 Å². The third kappa shape index (κ3) is 6.15. The molecule has 1 saturated heterocycles. The maximum atomic E-state index is 4.12. The van der Waals surface area contributed by atoms with E-state index in [1.54, 1.807) is 0 Å². The van der Waals surface area contributed by atoms with Gasteiger partial charge < -0.3 is 0 Å².